The van der Waals surface area contributed by atoms with Crippen molar-refractivity contribution >= 4 is 15.9 Å². The fraction of sp³-hybridized carbons (Fsp3) is 0.357. The lowest BCUT2D eigenvalue weighted by atomic mass is 9.89. The number of hydrogen-bond acceptors (Lipinski definition) is 2. The van der Waals surface area contributed by atoms with Gasteiger partial charge in [-0.1, -0.05) is 82.7 Å². The average Bonchev–Trinajstić information content (AvgIpc) is 2.81. The van der Waals surface area contributed by atoms with E-state index in [4.69, 9.17) is 0 Å². The fourth-order valence-corrected chi connectivity index (χ4v) is 5.80. The van der Waals surface area contributed by atoms with Crippen molar-refractivity contribution in [3.05, 3.63) is 106 Å². The summed E-state index contributed by atoms with van der Waals surface area (Å²) in [4.78, 5) is 5.49. The fourth-order valence-electron chi connectivity index (χ4n) is 5.39. The van der Waals surface area contributed by atoms with Gasteiger partial charge >= 0.3 is 0 Å². The predicted octanol–water partition coefficient (Wildman–Crippen LogP) is 6.08. The summed E-state index contributed by atoms with van der Waals surface area (Å²) in [7, 11) is 0. The first kappa shape index (κ1) is 20.9. The van der Waals surface area contributed by atoms with Crippen molar-refractivity contribution in [2.45, 2.75) is 50.9 Å². The van der Waals surface area contributed by atoms with E-state index in [9.17, 15) is 0 Å². The topological polar surface area (TPSA) is 6.48 Å². The zero-order chi connectivity index (χ0) is 21.0. The van der Waals surface area contributed by atoms with Gasteiger partial charge in [-0.05, 0) is 60.1 Å². The number of halogens is 1. The summed E-state index contributed by atoms with van der Waals surface area (Å²) in [6.07, 6.45) is 4.83. The molecular formula is C28H31BrN2. The number of fused-ring (bicyclic) bond motifs is 1. The predicted molar refractivity (Wildman–Crippen MR) is 132 cm³/mol. The third kappa shape index (κ3) is 5.11. The normalized spacial score (nSPS) is 22.2. The van der Waals surface area contributed by atoms with Gasteiger partial charge < -0.3 is 0 Å². The highest BCUT2D eigenvalue weighted by atomic mass is 79.9. The average molecular weight is 475 g/mol. The molecule has 0 amide bonds. The zero-order valence-electron chi connectivity index (χ0n) is 18.1. The highest BCUT2D eigenvalue weighted by molar-refractivity contribution is 9.10. The van der Waals surface area contributed by atoms with E-state index in [0.29, 0.717) is 12.1 Å². The largest absolute Gasteiger partial charge is 0.296 e. The molecule has 1 fully saturated rings. The van der Waals surface area contributed by atoms with Gasteiger partial charge in [0.05, 0.1) is 0 Å². The van der Waals surface area contributed by atoms with Crippen LogP contribution in [0, 0.1) is 0 Å². The first-order chi connectivity index (χ1) is 15.2. The van der Waals surface area contributed by atoms with E-state index in [0.717, 1.165) is 19.5 Å². The summed E-state index contributed by atoms with van der Waals surface area (Å²) < 4.78 is 1.21. The van der Waals surface area contributed by atoms with E-state index >= 15 is 0 Å². The molecule has 0 N–H and O–H groups in total. The van der Waals surface area contributed by atoms with Gasteiger partial charge in [0.1, 0.15) is 0 Å². The van der Waals surface area contributed by atoms with Gasteiger partial charge in [-0.2, -0.15) is 0 Å². The Hall–Kier alpha value is -1.94. The van der Waals surface area contributed by atoms with Gasteiger partial charge in [0.2, 0.25) is 0 Å². The number of benzene rings is 3. The standard InChI is InChI=1S/C28H31BrN2/c29-26-12-11-25-21-31(15-13-24(25)18-26)27-14-16-30(20-23-9-5-2-6-10-23)28(19-27)17-22-7-3-1-4-8-22/h1-12,18,27-28H,13-17,19-21H2. The minimum Gasteiger partial charge on any atom is -0.296 e. The minimum atomic E-state index is 0.590. The Morgan fingerprint density at radius 3 is 2.32 bits per heavy atom. The van der Waals surface area contributed by atoms with Crippen molar-refractivity contribution in [1.29, 1.82) is 0 Å². The number of rotatable bonds is 5. The van der Waals surface area contributed by atoms with E-state index in [-0.39, 0.29) is 0 Å². The highest BCUT2D eigenvalue weighted by Gasteiger charge is 2.33. The van der Waals surface area contributed by atoms with E-state index in [1.807, 2.05) is 0 Å². The maximum atomic E-state index is 3.64. The lowest BCUT2D eigenvalue weighted by molar-refractivity contribution is 0.0533. The Kier molecular flexibility index (Phi) is 6.54. The highest BCUT2D eigenvalue weighted by Crippen LogP contribution is 2.30. The summed E-state index contributed by atoms with van der Waals surface area (Å²) in [6.45, 7) is 4.53. The summed E-state index contributed by atoms with van der Waals surface area (Å²) in [6, 6.07) is 30.1. The third-order valence-electron chi connectivity index (χ3n) is 7.08. The van der Waals surface area contributed by atoms with Crippen LogP contribution in [-0.2, 0) is 25.9 Å². The first-order valence-corrected chi connectivity index (χ1v) is 12.4. The summed E-state index contributed by atoms with van der Waals surface area (Å²) in [5.41, 5.74) is 5.92. The van der Waals surface area contributed by atoms with Crippen molar-refractivity contribution in [1.82, 2.24) is 9.80 Å². The van der Waals surface area contributed by atoms with E-state index < -0.39 is 0 Å². The smallest absolute Gasteiger partial charge is 0.0239 e. The Morgan fingerprint density at radius 1 is 0.806 bits per heavy atom. The first-order valence-electron chi connectivity index (χ1n) is 11.6. The second-order valence-electron chi connectivity index (χ2n) is 9.11. The van der Waals surface area contributed by atoms with Crippen LogP contribution in [0.4, 0.5) is 0 Å². The van der Waals surface area contributed by atoms with E-state index in [1.54, 1.807) is 0 Å². The second kappa shape index (κ2) is 9.68. The molecular weight excluding hydrogens is 444 g/mol. The van der Waals surface area contributed by atoms with Crippen LogP contribution in [0.3, 0.4) is 0 Å². The molecule has 2 nitrogen and oxygen atoms in total. The second-order valence-corrected chi connectivity index (χ2v) is 10.0. The Morgan fingerprint density at radius 2 is 1.55 bits per heavy atom. The minimum absolute atomic E-state index is 0.590. The van der Waals surface area contributed by atoms with E-state index in [2.05, 4.69) is 105 Å². The molecule has 3 heteroatoms. The van der Waals surface area contributed by atoms with Crippen molar-refractivity contribution in [2.75, 3.05) is 13.1 Å². The van der Waals surface area contributed by atoms with Crippen molar-refractivity contribution in [3.8, 4) is 0 Å². The van der Waals surface area contributed by atoms with Crippen molar-refractivity contribution in [2.24, 2.45) is 0 Å². The van der Waals surface area contributed by atoms with Crippen LogP contribution in [0.1, 0.15) is 35.1 Å². The number of hydrogen-bond donors (Lipinski definition) is 0. The van der Waals surface area contributed by atoms with Crippen LogP contribution >= 0.6 is 15.9 Å². The lowest BCUT2D eigenvalue weighted by Crippen LogP contribution is -2.51. The molecule has 2 aliphatic heterocycles. The van der Waals surface area contributed by atoms with Crippen LogP contribution in [0.25, 0.3) is 0 Å². The molecule has 0 radical (unpaired) electrons. The van der Waals surface area contributed by atoms with Gasteiger partial charge in [-0.15, -0.1) is 0 Å². The maximum absolute atomic E-state index is 3.64. The van der Waals surface area contributed by atoms with Crippen LogP contribution in [0.5, 0.6) is 0 Å². The molecule has 2 aliphatic rings. The molecule has 0 bridgehead atoms. The number of likely N-dealkylation sites (tertiary alicyclic amines) is 1. The van der Waals surface area contributed by atoms with Gasteiger partial charge in [0.25, 0.3) is 0 Å². The molecule has 0 saturated carbocycles. The summed E-state index contributed by atoms with van der Waals surface area (Å²) in [5, 5.41) is 0. The molecule has 2 heterocycles. The molecule has 1 saturated heterocycles. The van der Waals surface area contributed by atoms with Crippen LogP contribution < -0.4 is 0 Å². The van der Waals surface area contributed by atoms with Crippen LogP contribution in [0.2, 0.25) is 0 Å². The maximum Gasteiger partial charge on any atom is 0.0239 e. The molecule has 2 atom stereocenters. The van der Waals surface area contributed by atoms with Crippen molar-refractivity contribution < 1.29 is 0 Å². The quantitative estimate of drug-likeness (QED) is 0.441. The summed E-state index contributed by atoms with van der Waals surface area (Å²) in [5.74, 6) is 0. The molecule has 0 aliphatic carbocycles. The van der Waals surface area contributed by atoms with Crippen LogP contribution in [0.15, 0.2) is 83.3 Å². The number of piperidine rings is 1. The number of nitrogens with zero attached hydrogens (tertiary/aromatic N) is 2. The van der Waals surface area contributed by atoms with Gasteiger partial charge in [-0.3, -0.25) is 9.80 Å². The van der Waals surface area contributed by atoms with Crippen LogP contribution in [-0.4, -0.2) is 35.0 Å². The third-order valence-corrected chi connectivity index (χ3v) is 7.57. The SMILES string of the molecule is Brc1ccc2c(c1)CCN(C1CCN(Cc3ccccc3)C(Cc3ccccc3)C1)C2. The molecule has 0 aromatic heterocycles. The van der Waals surface area contributed by atoms with Gasteiger partial charge in [0, 0.05) is 42.7 Å². The monoisotopic (exact) mass is 474 g/mol. The molecule has 2 unspecified atom stereocenters. The Bertz CT molecular complexity index is 988. The molecule has 160 valence electrons. The summed E-state index contributed by atoms with van der Waals surface area (Å²) >= 11 is 3.64. The molecule has 5 rings (SSSR count). The van der Waals surface area contributed by atoms with Gasteiger partial charge in [-0.25, -0.2) is 0 Å². The molecule has 0 spiro atoms. The van der Waals surface area contributed by atoms with Gasteiger partial charge in [0.15, 0.2) is 0 Å². The Labute approximate surface area is 195 Å². The lowest BCUT2D eigenvalue weighted by Gasteiger charge is -2.45. The van der Waals surface area contributed by atoms with E-state index in [1.165, 1.54) is 59.1 Å². The zero-order valence-corrected chi connectivity index (χ0v) is 19.7. The Balaban J connectivity index is 1.31. The molecule has 3 aromatic rings. The molecule has 31 heavy (non-hydrogen) atoms. The van der Waals surface area contributed by atoms with Crippen molar-refractivity contribution in [3.63, 3.8) is 0 Å². The molecule has 3 aromatic carbocycles.